The Kier molecular flexibility index (Phi) is 5.61. The topological polar surface area (TPSA) is 54.4 Å². The molecule has 4 rings (SSSR count). The highest BCUT2D eigenvalue weighted by Gasteiger charge is 2.20. The first-order valence-electron chi connectivity index (χ1n) is 9.52. The Morgan fingerprint density at radius 1 is 0.533 bits per heavy atom. The van der Waals surface area contributed by atoms with Crippen molar-refractivity contribution in [1.82, 2.24) is 0 Å². The van der Waals surface area contributed by atoms with Crippen LogP contribution in [0.2, 0.25) is 0 Å². The van der Waals surface area contributed by atoms with Crippen LogP contribution in [0.5, 0.6) is 0 Å². The van der Waals surface area contributed by atoms with Gasteiger partial charge in [0.15, 0.2) is 0 Å². The van der Waals surface area contributed by atoms with Crippen molar-refractivity contribution in [2.45, 2.75) is 4.90 Å². The molecule has 0 aliphatic carbocycles. The predicted molar refractivity (Wildman–Crippen MR) is 122 cm³/mol. The number of rotatable bonds is 5. The van der Waals surface area contributed by atoms with E-state index in [1.807, 2.05) is 91.0 Å². The number of benzene rings is 4. The minimum Gasteiger partial charge on any atom is -0.282 e. The summed E-state index contributed by atoms with van der Waals surface area (Å²) >= 11 is 0. The quantitative estimate of drug-likeness (QED) is 0.303. The lowest BCUT2D eigenvalue weighted by atomic mass is 9.98. The second-order valence-corrected chi connectivity index (χ2v) is 8.21. The van der Waals surface area contributed by atoms with Crippen LogP contribution < -0.4 is 0 Å². The maximum absolute atomic E-state index is 12.3. The summed E-state index contributed by atoms with van der Waals surface area (Å²) in [6.45, 7) is 0. The van der Waals surface area contributed by atoms with Gasteiger partial charge in [0.25, 0.3) is 10.1 Å². The second-order valence-electron chi connectivity index (χ2n) is 6.85. The third-order valence-corrected chi connectivity index (χ3v) is 5.85. The molecule has 0 heterocycles. The highest BCUT2D eigenvalue weighted by Crippen LogP contribution is 2.32. The summed E-state index contributed by atoms with van der Waals surface area (Å²) in [7, 11) is -4.43. The van der Waals surface area contributed by atoms with Crippen LogP contribution in [0.4, 0.5) is 0 Å². The molecule has 0 aliphatic rings. The summed E-state index contributed by atoms with van der Waals surface area (Å²) < 4.78 is 34.5. The van der Waals surface area contributed by atoms with Gasteiger partial charge in [-0.25, -0.2) is 0 Å². The Morgan fingerprint density at radius 2 is 1.00 bits per heavy atom. The van der Waals surface area contributed by atoms with E-state index >= 15 is 0 Å². The molecular weight excluding hydrogens is 392 g/mol. The molecule has 0 fully saturated rings. The second kappa shape index (κ2) is 8.49. The molecule has 0 atom stereocenters. The number of hydrogen-bond donors (Lipinski definition) is 1. The fourth-order valence-electron chi connectivity index (χ4n) is 3.52. The van der Waals surface area contributed by atoms with E-state index in [4.69, 9.17) is 0 Å². The minimum absolute atomic E-state index is 0.0929. The molecule has 4 heteroatoms. The van der Waals surface area contributed by atoms with Crippen molar-refractivity contribution in [2.75, 3.05) is 0 Å². The molecule has 1 N–H and O–H groups in total. The van der Waals surface area contributed by atoms with Crippen LogP contribution in [0.3, 0.4) is 0 Å². The fourth-order valence-corrected chi connectivity index (χ4v) is 4.42. The van der Waals surface area contributed by atoms with Gasteiger partial charge < -0.3 is 0 Å². The smallest absolute Gasteiger partial charge is 0.282 e. The van der Waals surface area contributed by atoms with Crippen LogP contribution in [0.1, 0.15) is 11.1 Å². The molecule has 0 saturated carbocycles. The molecule has 0 radical (unpaired) electrons. The SMILES string of the molecule is O=S(=O)(O)c1c(/C=C/c2ccccc2-c2ccccc2)cccc1-c1ccccc1. The van der Waals surface area contributed by atoms with Gasteiger partial charge >= 0.3 is 0 Å². The van der Waals surface area contributed by atoms with Crippen molar-refractivity contribution in [1.29, 1.82) is 0 Å². The third kappa shape index (κ3) is 4.25. The first-order valence-corrected chi connectivity index (χ1v) is 11.0. The first kappa shape index (κ1) is 19.8. The molecule has 0 bridgehead atoms. The summed E-state index contributed by atoms with van der Waals surface area (Å²) in [5.74, 6) is 0. The van der Waals surface area contributed by atoms with Crippen LogP contribution in [0.25, 0.3) is 34.4 Å². The van der Waals surface area contributed by atoms with E-state index < -0.39 is 10.1 Å². The van der Waals surface area contributed by atoms with Crippen LogP contribution in [-0.4, -0.2) is 13.0 Å². The standard InChI is InChI=1S/C26H20O3S/c27-30(28,29)26-23(15-9-17-25(26)21-12-5-2-6-13-21)19-18-22-14-7-8-16-24(22)20-10-3-1-4-11-20/h1-19H,(H,27,28,29)/b19-18+. The Morgan fingerprint density at radius 3 is 1.63 bits per heavy atom. The van der Waals surface area contributed by atoms with E-state index in [1.54, 1.807) is 24.3 Å². The van der Waals surface area contributed by atoms with Crippen LogP contribution in [0.15, 0.2) is 108 Å². The molecule has 0 spiro atoms. The Hall–Kier alpha value is -3.47. The molecule has 0 amide bonds. The highest BCUT2D eigenvalue weighted by atomic mass is 32.2. The molecule has 0 aromatic heterocycles. The maximum Gasteiger partial charge on any atom is 0.295 e. The molecule has 4 aromatic carbocycles. The van der Waals surface area contributed by atoms with Crippen molar-refractivity contribution < 1.29 is 13.0 Å². The lowest BCUT2D eigenvalue weighted by Crippen LogP contribution is -2.03. The van der Waals surface area contributed by atoms with Crippen LogP contribution in [0, 0.1) is 0 Å². The van der Waals surface area contributed by atoms with Gasteiger partial charge in [0.05, 0.1) is 0 Å². The first-order chi connectivity index (χ1) is 14.5. The molecule has 0 unspecified atom stereocenters. The predicted octanol–water partition coefficient (Wildman–Crippen LogP) is 6.44. The van der Waals surface area contributed by atoms with Gasteiger partial charge in [0.1, 0.15) is 4.90 Å². The number of hydrogen-bond acceptors (Lipinski definition) is 2. The molecular formula is C26H20O3S. The molecule has 148 valence electrons. The maximum atomic E-state index is 12.3. The van der Waals surface area contributed by atoms with Crippen molar-refractivity contribution in [3.05, 3.63) is 114 Å². The summed E-state index contributed by atoms with van der Waals surface area (Å²) in [5, 5.41) is 0. The van der Waals surface area contributed by atoms with Crippen LogP contribution >= 0.6 is 0 Å². The molecule has 4 aromatic rings. The zero-order chi connectivity index (χ0) is 21.0. The summed E-state index contributed by atoms with van der Waals surface area (Å²) in [5.41, 5.74) is 4.70. The monoisotopic (exact) mass is 412 g/mol. The van der Waals surface area contributed by atoms with E-state index in [-0.39, 0.29) is 4.90 Å². The van der Waals surface area contributed by atoms with Gasteiger partial charge in [0.2, 0.25) is 0 Å². The van der Waals surface area contributed by atoms with E-state index in [9.17, 15) is 13.0 Å². The van der Waals surface area contributed by atoms with Gasteiger partial charge in [-0.1, -0.05) is 115 Å². The lowest BCUT2D eigenvalue weighted by Gasteiger charge is -2.11. The summed E-state index contributed by atoms with van der Waals surface area (Å²) in [6.07, 6.45) is 3.61. The Bertz CT molecular complexity index is 1290. The fraction of sp³-hybridized carbons (Fsp3) is 0. The van der Waals surface area contributed by atoms with Crippen molar-refractivity contribution in [3.8, 4) is 22.3 Å². The van der Waals surface area contributed by atoms with Gasteiger partial charge in [-0.05, 0) is 27.8 Å². The molecule has 30 heavy (non-hydrogen) atoms. The van der Waals surface area contributed by atoms with E-state index in [2.05, 4.69) is 0 Å². The Balaban J connectivity index is 1.83. The average molecular weight is 413 g/mol. The van der Waals surface area contributed by atoms with Crippen molar-refractivity contribution in [2.24, 2.45) is 0 Å². The van der Waals surface area contributed by atoms with Gasteiger partial charge in [0, 0.05) is 5.56 Å². The molecule has 0 saturated heterocycles. The lowest BCUT2D eigenvalue weighted by molar-refractivity contribution is 0.483. The minimum atomic E-state index is -4.43. The largest absolute Gasteiger partial charge is 0.295 e. The normalized spacial score (nSPS) is 11.6. The van der Waals surface area contributed by atoms with Crippen LogP contribution in [-0.2, 0) is 10.1 Å². The zero-order valence-electron chi connectivity index (χ0n) is 16.1. The van der Waals surface area contributed by atoms with E-state index in [0.29, 0.717) is 11.1 Å². The van der Waals surface area contributed by atoms with E-state index in [1.165, 1.54) is 0 Å². The third-order valence-electron chi connectivity index (χ3n) is 4.88. The van der Waals surface area contributed by atoms with E-state index in [0.717, 1.165) is 22.3 Å². The van der Waals surface area contributed by atoms with Crippen molar-refractivity contribution >= 4 is 22.3 Å². The summed E-state index contributed by atoms with van der Waals surface area (Å²) in [6, 6.07) is 32.3. The average Bonchev–Trinajstić information content (AvgIpc) is 2.78. The van der Waals surface area contributed by atoms with Crippen molar-refractivity contribution in [3.63, 3.8) is 0 Å². The van der Waals surface area contributed by atoms with Gasteiger partial charge in [-0.15, -0.1) is 0 Å². The Labute approximate surface area is 176 Å². The van der Waals surface area contributed by atoms with Gasteiger partial charge in [-0.3, -0.25) is 4.55 Å². The highest BCUT2D eigenvalue weighted by molar-refractivity contribution is 7.86. The molecule has 0 aliphatic heterocycles. The zero-order valence-corrected chi connectivity index (χ0v) is 17.0. The van der Waals surface area contributed by atoms with Gasteiger partial charge in [-0.2, -0.15) is 8.42 Å². The summed E-state index contributed by atoms with van der Waals surface area (Å²) in [4.78, 5) is -0.0929. The molecule has 3 nitrogen and oxygen atoms in total.